The summed E-state index contributed by atoms with van der Waals surface area (Å²) in [6.45, 7) is 5.18. The number of ether oxygens (including phenoxy) is 2. The summed E-state index contributed by atoms with van der Waals surface area (Å²) >= 11 is 0. The van der Waals surface area contributed by atoms with Crippen LogP contribution in [0.5, 0.6) is 0 Å². The minimum Gasteiger partial charge on any atom is -0.482 e. The Kier molecular flexibility index (Phi) is 9.98. The molecule has 76 valence electrons. The summed E-state index contributed by atoms with van der Waals surface area (Å²) in [5.74, 6) is 0. The van der Waals surface area contributed by atoms with Crippen LogP contribution in [0.25, 0.3) is 0 Å². The van der Waals surface area contributed by atoms with Crippen LogP contribution in [-0.4, -0.2) is 50.8 Å². The van der Waals surface area contributed by atoms with E-state index in [4.69, 9.17) is 5.11 Å². The molecule has 2 aliphatic heterocycles. The van der Waals surface area contributed by atoms with Crippen molar-refractivity contribution in [1.29, 1.82) is 0 Å². The monoisotopic (exact) mass is 188 g/mol. The van der Waals surface area contributed by atoms with Gasteiger partial charge in [0.05, 0.1) is 13.1 Å². The molecule has 0 saturated carbocycles. The minimum absolute atomic E-state index is 0.250. The van der Waals surface area contributed by atoms with E-state index in [1.54, 1.807) is 6.92 Å². The van der Waals surface area contributed by atoms with Crippen LogP contribution in [0.2, 0.25) is 0 Å². The standard InChI is InChI=1S/2C3H5NO.C2H6O/c2*1-2-5-3-4-1;1-2-3/h2*3H,1-2H2;3H,2H2,1H3. The van der Waals surface area contributed by atoms with Gasteiger partial charge >= 0.3 is 0 Å². The fraction of sp³-hybridized carbons (Fsp3) is 0.750. The SMILES string of the molecule is C1=NCCO1.C1=NCCO1.CCO. The van der Waals surface area contributed by atoms with Crippen LogP contribution < -0.4 is 0 Å². The summed E-state index contributed by atoms with van der Waals surface area (Å²) in [7, 11) is 0. The third kappa shape index (κ3) is 10.9. The molecule has 0 fully saturated rings. The van der Waals surface area contributed by atoms with E-state index >= 15 is 0 Å². The van der Waals surface area contributed by atoms with E-state index in [1.807, 2.05) is 0 Å². The summed E-state index contributed by atoms with van der Waals surface area (Å²) < 4.78 is 9.31. The zero-order valence-electron chi connectivity index (χ0n) is 7.85. The van der Waals surface area contributed by atoms with Gasteiger partial charge in [0, 0.05) is 6.61 Å². The highest BCUT2D eigenvalue weighted by molar-refractivity contribution is 5.48. The van der Waals surface area contributed by atoms with Crippen LogP contribution in [-0.2, 0) is 9.47 Å². The van der Waals surface area contributed by atoms with Gasteiger partial charge in [-0.1, -0.05) is 0 Å². The average molecular weight is 188 g/mol. The van der Waals surface area contributed by atoms with Gasteiger partial charge in [0.1, 0.15) is 13.2 Å². The van der Waals surface area contributed by atoms with Gasteiger partial charge in [-0.05, 0) is 6.92 Å². The van der Waals surface area contributed by atoms with E-state index in [-0.39, 0.29) is 6.61 Å². The lowest BCUT2D eigenvalue weighted by atomic mass is 10.8. The molecule has 0 radical (unpaired) electrons. The molecule has 0 unspecified atom stereocenters. The van der Waals surface area contributed by atoms with Crippen molar-refractivity contribution in [2.24, 2.45) is 9.98 Å². The molecule has 5 nitrogen and oxygen atoms in total. The molecule has 0 atom stereocenters. The molecule has 2 aliphatic rings. The Hall–Kier alpha value is -1.10. The number of aliphatic hydroxyl groups is 1. The summed E-state index contributed by atoms with van der Waals surface area (Å²) in [5.41, 5.74) is 0. The molecule has 0 amide bonds. The Labute approximate surface area is 78.1 Å². The summed E-state index contributed by atoms with van der Waals surface area (Å²) in [5, 5.41) is 7.57. The third-order valence-corrected chi connectivity index (χ3v) is 0.975. The summed E-state index contributed by atoms with van der Waals surface area (Å²) in [6, 6.07) is 0. The number of aliphatic hydroxyl groups excluding tert-OH is 1. The highest BCUT2D eigenvalue weighted by Gasteiger charge is 1.85. The fourth-order valence-corrected chi connectivity index (χ4v) is 0.527. The van der Waals surface area contributed by atoms with Crippen LogP contribution in [0.15, 0.2) is 9.98 Å². The largest absolute Gasteiger partial charge is 0.482 e. The maximum absolute atomic E-state index is 7.57. The van der Waals surface area contributed by atoms with Gasteiger partial charge < -0.3 is 14.6 Å². The second kappa shape index (κ2) is 10.9. The number of nitrogens with zero attached hydrogens (tertiary/aromatic N) is 2. The lowest BCUT2D eigenvalue weighted by Gasteiger charge is -1.76. The van der Waals surface area contributed by atoms with Crippen LogP contribution in [0.3, 0.4) is 0 Å². The molecule has 0 aromatic heterocycles. The van der Waals surface area contributed by atoms with Crippen molar-refractivity contribution in [3.05, 3.63) is 0 Å². The quantitative estimate of drug-likeness (QED) is 0.586. The van der Waals surface area contributed by atoms with Gasteiger partial charge in [-0.25, -0.2) is 0 Å². The van der Waals surface area contributed by atoms with E-state index in [9.17, 15) is 0 Å². The van der Waals surface area contributed by atoms with Crippen molar-refractivity contribution < 1.29 is 14.6 Å². The maximum atomic E-state index is 7.57. The highest BCUT2D eigenvalue weighted by atomic mass is 16.5. The van der Waals surface area contributed by atoms with Crippen LogP contribution >= 0.6 is 0 Å². The lowest BCUT2D eigenvalue weighted by molar-refractivity contribution is 0.318. The first-order chi connectivity index (χ1) is 6.41. The summed E-state index contributed by atoms with van der Waals surface area (Å²) in [6.07, 6.45) is 2.97. The van der Waals surface area contributed by atoms with Gasteiger partial charge in [0.25, 0.3) is 0 Å². The average Bonchev–Trinajstić information content (AvgIpc) is 2.85. The molecule has 0 aromatic rings. The first-order valence-corrected chi connectivity index (χ1v) is 4.22. The Morgan fingerprint density at radius 2 is 1.54 bits per heavy atom. The van der Waals surface area contributed by atoms with E-state index < -0.39 is 0 Å². The number of hydrogen-bond acceptors (Lipinski definition) is 5. The second-order valence-corrected chi connectivity index (χ2v) is 2.08. The molecule has 5 heteroatoms. The van der Waals surface area contributed by atoms with Gasteiger partial charge in [-0.2, -0.15) is 0 Å². The molecule has 0 saturated heterocycles. The molecular weight excluding hydrogens is 172 g/mol. The number of hydrogen-bond donors (Lipinski definition) is 1. The zero-order chi connectivity index (χ0) is 9.78. The Balaban J connectivity index is 0.000000174. The zero-order valence-corrected chi connectivity index (χ0v) is 7.85. The molecule has 0 spiro atoms. The smallest absolute Gasteiger partial charge is 0.169 e. The Bertz CT molecular complexity index is 120. The van der Waals surface area contributed by atoms with Crippen LogP contribution in [0.4, 0.5) is 0 Å². The van der Waals surface area contributed by atoms with Gasteiger partial charge in [0.15, 0.2) is 12.8 Å². The van der Waals surface area contributed by atoms with E-state index in [2.05, 4.69) is 19.5 Å². The van der Waals surface area contributed by atoms with Crippen molar-refractivity contribution >= 4 is 12.8 Å². The molecule has 1 N–H and O–H groups in total. The van der Waals surface area contributed by atoms with E-state index in [0.717, 1.165) is 26.3 Å². The molecule has 0 aromatic carbocycles. The first-order valence-electron chi connectivity index (χ1n) is 4.22. The van der Waals surface area contributed by atoms with Gasteiger partial charge in [0.2, 0.25) is 0 Å². The second-order valence-electron chi connectivity index (χ2n) is 2.08. The maximum Gasteiger partial charge on any atom is 0.169 e. The molecule has 2 rings (SSSR count). The first kappa shape index (κ1) is 11.9. The van der Waals surface area contributed by atoms with Crippen molar-refractivity contribution in [3.8, 4) is 0 Å². The van der Waals surface area contributed by atoms with Crippen LogP contribution in [0.1, 0.15) is 6.92 Å². The highest BCUT2D eigenvalue weighted by Crippen LogP contribution is 1.79. The molecule has 2 heterocycles. The van der Waals surface area contributed by atoms with Crippen molar-refractivity contribution in [2.45, 2.75) is 6.92 Å². The lowest BCUT2D eigenvalue weighted by Crippen LogP contribution is -1.80. The van der Waals surface area contributed by atoms with Crippen LogP contribution in [0, 0.1) is 0 Å². The van der Waals surface area contributed by atoms with Gasteiger partial charge in [-0.15, -0.1) is 0 Å². The normalized spacial score (nSPS) is 16.2. The van der Waals surface area contributed by atoms with Crippen molar-refractivity contribution in [3.63, 3.8) is 0 Å². The third-order valence-electron chi connectivity index (χ3n) is 0.975. The van der Waals surface area contributed by atoms with Crippen molar-refractivity contribution in [1.82, 2.24) is 0 Å². The fourth-order valence-electron chi connectivity index (χ4n) is 0.527. The van der Waals surface area contributed by atoms with Crippen molar-refractivity contribution in [2.75, 3.05) is 32.9 Å². The predicted molar refractivity (Wildman–Crippen MR) is 51.4 cm³/mol. The molecule has 0 bridgehead atoms. The molecule has 13 heavy (non-hydrogen) atoms. The Morgan fingerprint density at radius 3 is 1.62 bits per heavy atom. The number of rotatable bonds is 0. The Morgan fingerprint density at radius 1 is 1.15 bits per heavy atom. The molecule has 0 aliphatic carbocycles. The minimum atomic E-state index is 0.250. The molecular formula is C8H16N2O3. The predicted octanol–water partition coefficient (Wildman–Crippen LogP) is 0.0884. The topological polar surface area (TPSA) is 63.4 Å². The summed E-state index contributed by atoms with van der Waals surface area (Å²) in [4.78, 5) is 7.47. The van der Waals surface area contributed by atoms with E-state index in [0.29, 0.717) is 0 Å². The van der Waals surface area contributed by atoms with Gasteiger partial charge in [-0.3, -0.25) is 9.98 Å². The number of aliphatic imine (C=N–C) groups is 2. The van der Waals surface area contributed by atoms with E-state index in [1.165, 1.54) is 12.8 Å².